The van der Waals surface area contributed by atoms with Crippen molar-refractivity contribution in [2.24, 2.45) is 0 Å². The average molecular weight is 433 g/mol. The lowest BCUT2D eigenvalue weighted by Gasteiger charge is -2.10. The summed E-state index contributed by atoms with van der Waals surface area (Å²) in [5.74, 6) is -0.135. The molecule has 1 amide bonds. The van der Waals surface area contributed by atoms with Gasteiger partial charge in [0.05, 0.1) is 11.4 Å². The van der Waals surface area contributed by atoms with Gasteiger partial charge in [-0.1, -0.05) is 0 Å². The van der Waals surface area contributed by atoms with Crippen molar-refractivity contribution in [3.63, 3.8) is 0 Å². The molecule has 0 radical (unpaired) electrons. The maximum atomic E-state index is 12.8. The zero-order valence-electron chi connectivity index (χ0n) is 11.1. The number of hydrogen-bond acceptors (Lipinski definition) is 2. The molecule has 0 aliphatic rings. The maximum Gasteiger partial charge on any atom is 0.234 e. The number of amides is 1. The molecule has 0 spiro atoms. The van der Waals surface area contributed by atoms with E-state index in [1.807, 2.05) is 19.1 Å². The largest absolute Gasteiger partial charge is 0.323 e. The lowest BCUT2D eigenvalue weighted by atomic mass is 10.2. The van der Waals surface area contributed by atoms with Crippen LogP contribution in [0.3, 0.4) is 0 Å². The van der Waals surface area contributed by atoms with Gasteiger partial charge in [0, 0.05) is 13.8 Å². The normalized spacial score (nSPS) is 10.5. The zero-order valence-corrected chi connectivity index (χ0v) is 15.1. The van der Waals surface area contributed by atoms with Crippen LogP contribution in [0.4, 0.5) is 10.1 Å². The SMILES string of the molecule is Cc1cc(Br)c(NC(=O)CSc2ccc(F)cc2)c(Br)c1. The molecule has 0 fully saturated rings. The molecule has 2 nitrogen and oxygen atoms in total. The van der Waals surface area contributed by atoms with E-state index in [9.17, 15) is 9.18 Å². The lowest BCUT2D eigenvalue weighted by Crippen LogP contribution is -2.14. The van der Waals surface area contributed by atoms with Gasteiger partial charge in [0.2, 0.25) is 5.91 Å². The summed E-state index contributed by atoms with van der Waals surface area (Å²) in [5, 5.41) is 2.86. The van der Waals surface area contributed by atoms with Gasteiger partial charge < -0.3 is 5.32 Å². The molecule has 0 unspecified atom stereocenters. The first-order valence-corrected chi connectivity index (χ1v) is 8.67. The molecule has 0 aliphatic carbocycles. The molecule has 2 aromatic rings. The summed E-state index contributed by atoms with van der Waals surface area (Å²) in [6.45, 7) is 1.98. The van der Waals surface area contributed by atoms with E-state index < -0.39 is 0 Å². The monoisotopic (exact) mass is 431 g/mol. The first-order valence-electron chi connectivity index (χ1n) is 6.09. The van der Waals surface area contributed by atoms with Crippen molar-refractivity contribution in [2.45, 2.75) is 11.8 Å². The van der Waals surface area contributed by atoms with Crippen LogP contribution in [-0.4, -0.2) is 11.7 Å². The van der Waals surface area contributed by atoms with Crippen LogP contribution in [-0.2, 0) is 4.79 Å². The van der Waals surface area contributed by atoms with Crippen LogP contribution in [0.2, 0.25) is 0 Å². The topological polar surface area (TPSA) is 29.1 Å². The highest BCUT2D eigenvalue weighted by Crippen LogP contribution is 2.32. The van der Waals surface area contributed by atoms with Gasteiger partial charge >= 0.3 is 0 Å². The molecule has 21 heavy (non-hydrogen) atoms. The summed E-state index contributed by atoms with van der Waals surface area (Å²) in [6, 6.07) is 9.96. The molecule has 0 saturated heterocycles. The first kappa shape index (κ1) is 16.5. The standard InChI is InChI=1S/C15H12Br2FNOS/c1-9-6-12(16)15(13(17)7-9)19-14(20)8-21-11-4-2-10(18)3-5-11/h2-7H,8H2,1H3,(H,19,20). The maximum absolute atomic E-state index is 12.8. The Bertz CT molecular complexity index is 638. The van der Waals surface area contributed by atoms with E-state index in [1.165, 1.54) is 23.9 Å². The molecular formula is C15H12Br2FNOS. The van der Waals surface area contributed by atoms with Crippen LogP contribution >= 0.6 is 43.6 Å². The first-order chi connectivity index (χ1) is 9.95. The number of nitrogens with one attached hydrogen (secondary N) is 1. The van der Waals surface area contributed by atoms with E-state index in [2.05, 4.69) is 37.2 Å². The Morgan fingerprint density at radius 1 is 1.19 bits per heavy atom. The summed E-state index contributed by atoms with van der Waals surface area (Å²) >= 11 is 8.24. The zero-order chi connectivity index (χ0) is 15.4. The van der Waals surface area contributed by atoms with Crippen LogP contribution in [0, 0.1) is 12.7 Å². The summed E-state index contributed by atoms with van der Waals surface area (Å²) in [6.07, 6.45) is 0. The summed E-state index contributed by atoms with van der Waals surface area (Å²) < 4.78 is 14.5. The van der Waals surface area contributed by atoms with E-state index in [0.29, 0.717) is 5.69 Å². The Balaban J connectivity index is 1.97. The second kappa shape index (κ2) is 7.42. The minimum Gasteiger partial charge on any atom is -0.323 e. The third-order valence-corrected chi connectivity index (χ3v) is 4.90. The van der Waals surface area contributed by atoms with E-state index in [1.54, 1.807) is 12.1 Å². The Morgan fingerprint density at radius 2 is 1.76 bits per heavy atom. The van der Waals surface area contributed by atoms with Crippen LogP contribution in [0.5, 0.6) is 0 Å². The van der Waals surface area contributed by atoms with Crippen molar-refractivity contribution in [3.8, 4) is 0 Å². The number of benzene rings is 2. The number of halogens is 3. The number of aryl methyl sites for hydroxylation is 1. The molecule has 0 saturated carbocycles. The Morgan fingerprint density at radius 3 is 2.33 bits per heavy atom. The Hall–Kier alpha value is -0.850. The van der Waals surface area contributed by atoms with Gasteiger partial charge in [-0.15, -0.1) is 11.8 Å². The van der Waals surface area contributed by atoms with Gasteiger partial charge in [-0.25, -0.2) is 4.39 Å². The number of carbonyl (C=O) groups is 1. The molecule has 0 aromatic heterocycles. The van der Waals surface area contributed by atoms with Crippen molar-refractivity contribution in [3.05, 3.63) is 56.7 Å². The van der Waals surface area contributed by atoms with Crippen LogP contribution in [0.1, 0.15) is 5.56 Å². The highest BCUT2D eigenvalue weighted by Gasteiger charge is 2.10. The van der Waals surface area contributed by atoms with Crippen molar-refractivity contribution in [1.29, 1.82) is 0 Å². The average Bonchev–Trinajstić information content (AvgIpc) is 2.42. The van der Waals surface area contributed by atoms with E-state index >= 15 is 0 Å². The third kappa shape index (κ3) is 4.83. The highest BCUT2D eigenvalue weighted by molar-refractivity contribution is 9.11. The van der Waals surface area contributed by atoms with Gasteiger partial charge in [-0.3, -0.25) is 4.79 Å². The van der Waals surface area contributed by atoms with Gasteiger partial charge in [0.15, 0.2) is 0 Å². The molecule has 0 atom stereocenters. The Labute approximate surface area is 143 Å². The Kier molecular flexibility index (Phi) is 5.84. The fraction of sp³-hybridized carbons (Fsp3) is 0.133. The summed E-state index contributed by atoms with van der Waals surface area (Å²) in [4.78, 5) is 12.8. The quantitative estimate of drug-likeness (QED) is 0.656. The van der Waals surface area contributed by atoms with Crippen LogP contribution in [0.25, 0.3) is 0 Å². The second-order valence-electron chi connectivity index (χ2n) is 4.39. The van der Waals surface area contributed by atoms with Gasteiger partial charge in [0.1, 0.15) is 5.82 Å². The van der Waals surface area contributed by atoms with Crippen molar-refractivity contribution in [1.82, 2.24) is 0 Å². The second-order valence-corrected chi connectivity index (χ2v) is 7.15. The molecular weight excluding hydrogens is 421 g/mol. The van der Waals surface area contributed by atoms with E-state index in [-0.39, 0.29) is 17.5 Å². The van der Waals surface area contributed by atoms with Crippen LogP contribution in [0.15, 0.2) is 50.2 Å². The highest BCUT2D eigenvalue weighted by atomic mass is 79.9. The van der Waals surface area contributed by atoms with E-state index in [4.69, 9.17) is 0 Å². The van der Waals surface area contributed by atoms with Crippen molar-refractivity contribution >= 4 is 55.2 Å². The summed E-state index contributed by atoms with van der Waals surface area (Å²) in [7, 11) is 0. The van der Waals surface area contributed by atoms with Crippen molar-refractivity contribution in [2.75, 3.05) is 11.1 Å². The minimum atomic E-state index is -0.281. The predicted molar refractivity (Wildman–Crippen MR) is 92.3 cm³/mol. The molecule has 0 heterocycles. The molecule has 0 bridgehead atoms. The number of carbonyl (C=O) groups excluding carboxylic acids is 1. The van der Waals surface area contributed by atoms with E-state index in [0.717, 1.165) is 19.4 Å². The predicted octanol–water partition coefficient (Wildman–Crippen LogP) is 5.39. The molecule has 110 valence electrons. The number of hydrogen-bond donors (Lipinski definition) is 1. The number of thioether (sulfide) groups is 1. The van der Waals surface area contributed by atoms with Gasteiger partial charge in [0.25, 0.3) is 0 Å². The smallest absolute Gasteiger partial charge is 0.234 e. The number of rotatable bonds is 4. The molecule has 1 N–H and O–H groups in total. The van der Waals surface area contributed by atoms with Crippen LogP contribution < -0.4 is 5.32 Å². The molecule has 2 aromatic carbocycles. The third-order valence-electron chi connectivity index (χ3n) is 2.63. The fourth-order valence-electron chi connectivity index (χ4n) is 1.67. The molecule has 6 heteroatoms. The molecule has 2 rings (SSSR count). The fourth-order valence-corrected chi connectivity index (χ4v) is 3.99. The lowest BCUT2D eigenvalue weighted by molar-refractivity contribution is -0.113. The number of anilines is 1. The van der Waals surface area contributed by atoms with Crippen molar-refractivity contribution < 1.29 is 9.18 Å². The van der Waals surface area contributed by atoms with Gasteiger partial charge in [-0.2, -0.15) is 0 Å². The molecule has 0 aliphatic heterocycles. The summed E-state index contributed by atoms with van der Waals surface area (Å²) in [5.41, 5.74) is 1.80. The van der Waals surface area contributed by atoms with Gasteiger partial charge in [-0.05, 0) is 80.7 Å². The minimum absolute atomic E-state index is 0.116.